The van der Waals surface area contributed by atoms with Crippen molar-refractivity contribution >= 4 is 28.5 Å². The lowest BCUT2D eigenvalue weighted by atomic mass is 9.92. The molecule has 3 rings (SSSR count). The van der Waals surface area contributed by atoms with E-state index in [1.807, 2.05) is 0 Å². The zero-order chi connectivity index (χ0) is 16.0. The number of carboxylic acid groups (broad SMARTS) is 1. The van der Waals surface area contributed by atoms with Crippen molar-refractivity contribution in [2.45, 2.75) is 25.0 Å². The third-order valence-corrected chi connectivity index (χ3v) is 5.16. The van der Waals surface area contributed by atoms with Crippen LogP contribution in [0.3, 0.4) is 0 Å². The van der Waals surface area contributed by atoms with Gasteiger partial charge >= 0.3 is 5.97 Å². The van der Waals surface area contributed by atoms with Gasteiger partial charge in [0.05, 0.1) is 24.3 Å². The first-order valence-electron chi connectivity index (χ1n) is 6.67. The summed E-state index contributed by atoms with van der Waals surface area (Å²) in [5.74, 6) is -2.16. The Balaban J connectivity index is 1.99. The molecule has 0 saturated carbocycles. The number of nitrogens with zero attached hydrogens (tertiary/aromatic N) is 2. The van der Waals surface area contributed by atoms with Gasteiger partial charge in [0.15, 0.2) is 0 Å². The van der Waals surface area contributed by atoms with Gasteiger partial charge in [-0.05, 0) is 13.0 Å². The Labute approximate surface area is 130 Å². The van der Waals surface area contributed by atoms with Crippen molar-refractivity contribution in [2.75, 3.05) is 0 Å². The Hall–Kier alpha value is -1.90. The fourth-order valence-electron chi connectivity index (χ4n) is 2.64. The number of carbonyl (C=O) groups is 2. The lowest BCUT2D eigenvalue weighted by Crippen LogP contribution is -2.60. The van der Waals surface area contributed by atoms with E-state index in [2.05, 4.69) is 4.98 Å². The Morgan fingerprint density at radius 3 is 2.73 bits per heavy atom. The molecule has 0 spiro atoms. The Morgan fingerprint density at radius 1 is 1.50 bits per heavy atom. The molecule has 3 N–H and O–H groups in total. The van der Waals surface area contributed by atoms with Crippen molar-refractivity contribution in [3.63, 3.8) is 0 Å². The quantitative estimate of drug-likeness (QED) is 0.681. The number of amides is 1. The monoisotopic (exact) mass is 322 g/mol. The lowest BCUT2D eigenvalue weighted by Gasteiger charge is -2.43. The third kappa shape index (κ3) is 2.11. The summed E-state index contributed by atoms with van der Waals surface area (Å²) >= 11 is 1.24. The number of pyridine rings is 1. The number of aliphatic carboxylic acids is 1. The van der Waals surface area contributed by atoms with Gasteiger partial charge < -0.3 is 15.3 Å². The minimum Gasteiger partial charge on any atom is -0.477 e. The van der Waals surface area contributed by atoms with Gasteiger partial charge in [0.1, 0.15) is 11.1 Å². The van der Waals surface area contributed by atoms with Gasteiger partial charge in [-0.3, -0.25) is 14.7 Å². The van der Waals surface area contributed by atoms with E-state index in [4.69, 9.17) is 5.11 Å². The summed E-state index contributed by atoms with van der Waals surface area (Å²) in [5, 5.41) is 27.7. The summed E-state index contributed by atoms with van der Waals surface area (Å²) in [6.07, 6.45) is 0.649. The fourth-order valence-corrected chi connectivity index (χ4v) is 4.24. The van der Waals surface area contributed by atoms with Crippen LogP contribution in [0.4, 0.5) is 0 Å². The summed E-state index contributed by atoms with van der Waals surface area (Å²) in [7, 11) is 0. The molecule has 7 nitrogen and oxygen atoms in total. The fraction of sp³-hybridized carbons (Fsp3) is 0.357. The second-order valence-electron chi connectivity index (χ2n) is 5.16. The lowest BCUT2D eigenvalue weighted by molar-refractivity contribution is -0.156. The van der Waals surface area contributed by atoms with Crippen LogP contribution in [-0.4, -0.2) is 48.6 Å². The average molecular weight is 322 g/mol. The van der Waals surface area contributed by atoms with Crippen LogP contribution in [0.5, 0.6) is 0 Å². The number of aliphatic hydroxyl groups excluding tert-OH is 2. The Morgan fingerprint density at radius 2 is 2.23 bits per heavy atom. The molecule has 0 radical (unpaired) electrons. The van der Waals surface area contributed by atoms with Crippen molar-refractivity contribution < 1.29 is 24.9 Å². The van der Waals surface area contributed by atoms with E-state index in [0.29, 0.717) is 16.2 Å². The number of hydrogen-bond donors (Lipinski definition) is 3. The standard InChI is InChI=1S/C14H14N2O5S/c1-6(18)9-12(19)16-10(14(20)21)11(22-13(9)16)7-2-3-8(5-17)15-4-7/h2-4,6,9,13,17-18H,5H2,1H3,(H,20,21)/t6-,9+,13-/m1/s1. The van der Waals surface area contributed by atoms with E-state index in [0.717, 1.165) is 0 Å². The average Bonchev–Trinajstić information content (AvgIpc) is 2.82. The summed E-state index contributed by atoms with van der Waals surface area (Å²) in [6, 6.07) is 3.27. The van der Waals surface area contributed by atoms with Gasteiger partial charge in [-0.25, -0.2) is 4.79 Å². The normalized spacial score (nSPS) is 25.0. The van der Waals surface area contributed by atoms with Gasteiger partial charge in [0.25, 0.3) is 0 Å². The first-order chi connectivity index (χ1) is 10.5. The third-order valence-electron chi connectivity index (χ3n) is 3.75. The van der Waals surface area contributed by atoms with Crippen molar-refractivity contribution in [1.29, 1.82) is 0 Å². The van der Waals surface area contributed by atoms with E-state index in [-0.39, 0.29) is 18.2 Å². The largest absolute Gasteiger partial charge is 0.477 e. The molecule has 1 aromatic heterocycles. The van der Waals surface area contributed by atoms with Gasteiger partial charge in [-0.2, -0.15) is 0 Å². The smallest absolute Gasteiger partial charge is 0.353 e. The number of thioether (sulfide) groups is 1. The number of fused-ring (bicyclic) bond motifs is 1. The van der Waals surface area contributed by atoms with Crippen LogP contribution in [0.1, 0.15) is 18.2 Å². The van der Waals surface area contributed by atoms with Crippen molar-refractivity contribution in [1.82, 2.24) is 9.88 Å². The molecule has 116 valence electrons. The van der Waals surface area contributed by atoms with Crippen LogP contribution in [-0.2, 0) is 16.2 Å². The first-order valence-corrected chi connectivity index (χ1v) is 7.55. The highest BCUT2D eigenvalue weighted by Gasteiger charge is 2.57. The molecule has 1 aromatic rings. The van der Waals surface area contributed by atoms with E-state index in [9.17, 15) is 19.8 Å². The van der Waals surface area contributed by atoms with Crippen LogP contribution >= 0.6 is 11.8 Å². The minimum absolute atomic E-state index is 0.0737. The number of hydrogen-bond acceptors (Lipinski definition) is 6. The maximum Gasteiger partial charge on any atom is 0.353 e. The highest BCUT2D eigenvalue weighted by molar-refractivity contribution is 8.09. The van der Waals surface area contributed by atoms with E-state index in [1.54, 1.807) is 12.1 Å². The molecule has 0 unspecified atom stereocenters. The number of carbonyl (C=O) groups excluding carboxylic acids is 1. The van der Waals surface area contributed by atoms with Crippen LogP contribution in [0, 0.1) is 5.92 Å². The zero-order valence-electron chi connectivity index (χ0n) is 11.6. The van der Waals surface area contributed by atoms with Crippen molar-refractivity contribution in [3.05, 3.63) is 35.3 Å². The molecule has 22 heavy (non-hydrogen) atoms. The van der Waals surface area contributed by atoms with E-state index < -0.39 is 23.4 Å². The maximum absolute atomic E-state index is 12.1. The maximum atomic E-state index is 12.1. The van der Waals surface area contributed by atoms with Gasteiger partial charge in [-0.15, -0.1) is 0 Å². The number of aliphatic hydroxyl groups is 2. The highest BCUT2D eigenvalue weighted by Crippen LogP contribution is 2.53. The van der Waals surface area contributed by atoms with Crippen molar-refractivity contribution in [3.8, 4) is 0 Å². The molecule has 8 heteroatoms. The predicted molar refractivity (Wildman–Crippen MR) is 78.1 cm³/mol. The van der Waals surface area contributed by atoms with Crippen LogP contribution in [0.25, 0.3) is 4.91 Å². The minimum atomic E-state index is -1.19. The molecular formula is C14H14N2O5S. The summed E-state index contributed by atoms with van der Waals surface area (Å²) < 4.78 is 0. The molecule has 1 saturated heterocycles. The molecule has 0 aliphatic carbocycles. The van der Waals surface area contributed by atoms with E-state index in [1.165, 1.54) is 29.8 Å². The summed E-state index contributed by atoms with van der Waals surface area (Å²) in [6.45, 7) is 1.33. The molecule has 3 heterocycles. The Bertz CT molecular complexity index is 670. The van der Waals surface area contributed by atoms with E-state index >= 15 is 0 Å². The summed E-state index contributed by atoms with van der Waals surface area (Å²) in [5.41, 5.74) is 0.979. The van der Waals surface area contributed by atoms with Gasteiger partial charge in [-0.1, -0.05) is 17.8 Å². The molecule has 2 aliphatic rings. The summed E-state index contributed by atoms with van der Waals surface area (Å²) in [4.78, 5) is 29.3. The SMILES string of the molecule is C[C@@H](O)[C@H]1C(=O)N2C(C(=O)O)=C(c3ccc(CO)nc3)S[C@H]12. The molecular weight excluding hydrogens is 308 g/mol. The van der Waals surface area contributed by atoms with Gasteiger partial charge in [0, 0.05) is 16.7 Å². The van der Waals surface area contributed by atoms with Crippen LogP contribution in [0.2, 0.25) is 0 Å². The molecule has 1 amide bonds. The van der Waals surface area contributed by atoms with Crippen LogP contribution in [0.15, 0.2) is 24.0 Å². The van der Waals surface area contributed by atoms with Crippen molar-refractivity contribution in [2.24, 2.45) is 5.92 Å². The first kappa shape index (κ1) is 15.0. The number of β-lactam (4-membered cyclic amide) rings is 1. The molecule has 0 aromatic carbocycles. The topological polar surface area (TPSA) is 111 Å². The van der Waals surface area contributed by atoms with Gasteiger partial charge in [0.2, 0.25) is 5.91 Å². The highest BCUT2D eigenvalue weighted by atomic mass is 32.2. The second-order valence-corrected chi connectivity index (χ2v) is 6.29. The molecule has 1 fully saturated rings. The second kappa shape index (κ2) is 5.38. The zero-order valence-corrected chi connectivity index (χ0v) is 12.4. The van der Waals surface area contributed by atoms with Crippen LogP contribution < -0.4 is 0 Å². The molecule has 2 aliphatic heterocycles. The molecule has 3 atom stereocenters. The number of rotatable bonds is 4. The number of aromatic nitrogens is 1. The molecule has 0 bridgehead atoms. The number of carboxylic acids is 1. The Kier molecular flexibility index (Phi) is 3.67. The predicted octanol–water partition coefficient (Wildman–Crippen LogP) is 0.239.